The standard InChI is InChI=1S/C7H13BO2S2/c1-3-5-7(11-9,6-4-2)10-12-8/h3-6,9H,8H2,1-2H3. The Kier molecular flexibility index (Phi) is 6.75. The van der Waals surface area contributed by atoms with Crippen LogP contribution in [-0.4, -0.2) is 16.6 Å². The monoisotopic (exact) mass is 204 g/mol. The Hall–Kier alpha value is 0.165. The van der Waals surface area contributed by atoms with Gasteiger partial charge in [-0.15, -0.1) is 0 Å². The average molecular weight is 204 g/mol. The summed E-state index contributed by atoms with van der Waals surface area (Å²) >= 11 is 1.90. The summed E-state index contributed by atoms with van der Waals surface area (Å²) in [7, 11) is 1.82. The molecule has 0 fully saturated rings. The van der Waals surface area contributed by atoms with Crippen molar-refractivity contribution in [2.24, 2.45) is 0 Å². The second-order valence-corrected chi connectivity index (χ2v) is 3.38. The minimum Gasteiger partial charge on any atom is -0.327 e. The highest BCUT2D eigenvalue weighted by Gasteiger charge is 2.24. The predicted molar refractivity (Wildman–Crippen MR) is 59.8 cm³/mol. The SMILES string of the molecule is BSOC(C=CC)(C=CC)SO. The first-order valence-electron chi connectivity index (χ1n) is 3.56. The van der Waals surface area contributed by atoms with Gasteiger partial charge in [0.1, 0.15) is 0 Å². The third-order valence-corrected chi connectivity index (χ3v) is 2.34. The quantitative estimate of drug-likeness (QED) is 0.322. The molecule has 2 nitrogen and oxygen atoms in total. The molecule has 0 heterocycles. The van der Waals surface area contributed by atoms with Crippen LogP contribution in [0.4, 0.5) is 0 Å². The van der Waals surface area contributed by atoms with Crippen LogP contribution >= 0.6 is 23.9 Å². The van der Waals surface area contributed by atoms with E-state index in [4.69, 9.17) is 8.74 Å². The van der Waals surface area contributed by atoms with E-state index in [1.165, 1.54) is 11.9 Å². The highest BCUT2D eigenvalue weighted by Crippen LogP contribution is 2.30. The van der Waals surface area contributed by atoms with Crippen molar-refractivity contribution in [3.05, 3.63) is 24.3 Å². The molecule has 0 rings (SSSR count). The molecule has 12 heavy (non-hydrogen) atoms. The maximum absolute atomic E-state index is 9.05. The van der Waals surface area contributed by atoms with E-state index < -0.39 is 4.93 Å². The van der Waals surface area contributed by atoms with Crippen molar-refractivity contribution in [3.8, 4) is 0 Å². The summed E-state index contributed by atoms with van der Waals surface area (Å²) in [6.07, 6.45) is 7.29. The second kappa shape index (κ2) is 6.66. The van der Waals surface area contributed by atoms with Gasteiger partial charge in [-0.25, -0.2) is 0 Å². The number of hydrogen-bond donors (Lipinski definition) is 1. The van der Waals surface area contributed by atoms with Crippen LogP contribution in [-0.2, 0) is 4.18 Å². The maximum atomic E-state index is 9.05. The van der Waals surface area contributed by atoms with E-state index in [1.807, 2.05) is 33.1 Å². The molecule has 5 heteroatoms. The van der Waals surface area contributed by atoms with Gasteiger partial charge in [0.15, 0.2) is 4.93 Å². The molecule has 0 aliphatic heterocycles. The molecule has 0 bridgehead atoms. The van der Waals surface area contributed by atoms with Gasteiger partial charge in [0.25, 0.3) is 0 Å². The normalized spacial score (nSPS) is 17.2. The fraction of sp³-hybridized carbons (Fsp3) is 0.429. The van der Waals surface area contributed by atoms with Gasteiger partial charge >= 0.3 is 0 Å². The Balaban J connectivity index is 4.49. The van der Waals surface area contributed by atoms with Gasteiger partial charge in [0.2, 0.25) is 7.12 Å². The van der Waals surface area contributed by atoms with E-state index in [-0.39, 0.29) is 0 Å². The average Bonchev–Trinajstić information content (AvgIpc) is 2.06. The second-order valence-electron chi connectivity index (χ2n) is 2.06. The number of hydrogen-bond acceptors (Lipinski definition) is 4. The summed E-state index contributed by atoms with van der Waals surface area (Å²) < 4.78 is 14.4. The molecule has 0 radical (unpaired) electrons. The molecule has 0 spiro atoms. The first-order chi connectivity index (χ1) is 5.74. The zero-order valence-corrected chi connectivity index (χ0v) is 9.11. The van der Waals surface area contributed by atoms with E-state index in [0.29, 0.717) is 12.0 Å². The van der Waals surface area contributed by atoms with Gasteiger partial charge in [-0.1, -0.05) is 24.0 Å². The van der Waals surface area contributed by atoms with Crippen molar-refractivity contribution in [1.29, 1.82) is 0 Å². The summed E-state index contributed by atoms with van der Waals surface area (Å²) in [5.74, 6) is 0. The minimum absolute atomic E-state index is 0.674. The largest absolute Gasteiger partial charge is 0.327 e. The van der Waals surface area contributed by atoms with Crippen LogP contribution in [0.2, 0.25) is 0 Å². The maximum Gasteiger partial charge on any atom is 0.210 e. The third-order valence-electron chi connectivity index (χ3n) is 1.15. The Labute approximate surface area is 83.2 Å². The van der Waals surface area contributed by atoms with Crippen molar-refractivity contribution >= 4 is 31.1 Å². The van der Waals surface area contributed by atoms with Crippen LogP contribution < -0.4 is 0 Å². The van der Waals surface area contributed by atoms with Crippen LogP contribution in [0.25, 0.3) is 0 Å². The fourth-order valence-corrected chi connectivity index (χ4v) is 1.87. The van der Waals surface area contributed by atoms with Gasteiger partial charge in [-0.05, 0) is 26.0 Å². The van der Waals surface area contributed by atoms with Crippen LogP contribution in [0, 0.1) is 0 Å². The fourth-order valence-electron chi connectivity index (χ4n) is 0.782. The number of rotatable bonds is 5. The smallest absolute Gasteiger partial charge is 0.210 e. The topological polar surface area (TPSA) is 29.5 Å². The molecule has 0 aliphatic carbocycles. The molecule has 0 atom stereocenters. The molecule has 0 saturated heterocycles. The molecule has 0 saturated carbocycles. The van der Waals surface area contributed by atoms with Crippen molar-refractivity contribution in [2.75, 3.05) is 0 Å². The molecule has 0 aliphatic rings. The van der Waals surface area contributed by atoms with Gasteiger partial charge in [0.05, 0.1) is 0 Å². The lowest BCUT2D eigenvalue weighted by molar-refractivity contribution is 0.309. The van der Waals surface area contributed by atoms with Crippen molar-refractivity contribution < 1.29 is 8.74 Å². The molecular formula is C7H13BO2S2. The lowest BCUT2D eigenvalue weighted by Crippen LogP contribution is -2.19. The summed E-state index contributed by atoms with van der Waals surface area (Å²) in [4.78, 5) is -0.733. The van der Waals surface area contributed by atoms with Crippen molar-refractivity contribution in [3.63, 3.8) is 0 Å². The zero-order chi connectivity index (χ0) is 9.45. The van der Waals surface area contributed by atoms with E-state index in [0.717, 1.165) is 0 Å². The first kappa shape index (κ1) is 12.2. The predicted octanol–water partition coefficient (Wildman–Crippen LogP) is 2.25. The summed E-state index contributed by atoms with van der Waals surface area (Å²) in [5, 5.41) is 0. The Morgan fingerprint density at radius 3 is 2.08 bits per heavy atom. The molecule has 68 valence electrons. The van der Waals surface area contributed by atoms with Gasteiger partial charge in [-0.2, -0.15) is 0 Å². The van der Waals surface area contributed by atoms with Crippen LogP contribution in [0.5, 0.6) is 0 Å². The highest BCUT2D eigenvalue weighted by atomic mass is 32.2. The van der Waals surface area contributed by atoms with E-state index in [1.54, 1.807) is 12.2 Å². The molecule has 0 aromatic carbocycles. The van der Waals surface area contributed by atoms with Crippen molar-refractivity contribution in [1.82, 2.24) is 0 Å². The highest BCUT2D eigenvalue weighted by molar-refractivity contribution is 8.16. The zero-order valence-electron chi connectivity index (χ0n) is 7.48. The molecule has 0 aromatic rings. The Bertz CT molecular complexity index is 159. The molecule has 0 amide bonds. The van der Waals surface area contributed by atoms with Crippen LogP contribution in [0.3, 0.4) is 0 Å². The first-order valence-corrected chi connectivity index (χ1v) is 5.49. The van der Waals surface area contributed by atoms with Gasteiger partial charge in [-0.3, -0.25) is 4.18 Å². The summed E-state index contributed by atoms with van der Waals surface area (Å²) in [6.45, 7) is 3.77. The lowest BCUT2D eigenvalue weighted by Gasteiger charge is -2.21. The molecule has 0 unspecified atom stereocenters. The minimum atomic E-state index is -0.733. The third kappa shape index (κ3) is 3.71. The van der Waals surface area contributed by atoms with Gasteiger partial charge in [0, 0.05) is 12.0 Å². The molecule has 1 N–H and O–H groups in total. The van der Waals surface area contributed by atoms with Crippen molar-refractivity contribution in [2.45, 2.75) is 18.8 Å². The summed E-state index contributed by atoms with van der Waals surface area (Å²) in [5.41, 5.74) is 0. The van der Waals surface area contributed by atoms with Crippen LogP contribution in [0.1, 0.15) is 13.8 Å². The van der Waals surface area contributed by atoms with Crippen LogP contribution in [0.15, 0.2) is 24.3 Å². The molecular weight excluding hydrogens is 191 g/mol. The summed E-state index contributed by atoms with van der Waals surface area (Å²) in [6, 6.07) is 0. The van der Waals surface area contributed by atoms with E-state index in [2.05, 4.69) is 0 Å². The van der Waals surface area contributed by atoms with E-state index >= 15 is 0 Å². The Morgan fingerprint density at radius 1 is 1.33 bits per heavy atom. The van der Waals surface area contributed by atoms with E-state index in [9.17, 15) is 0 Å². The van der Waals surface area contributed by atoms with Gasteiger partial charge < -0.3 is 4.55 Å². The Morgan fingerprint density at radius 2 is 1.83 bits per heavy atom. The number of allylic oxidation sites excluding steroid dienone is 2. The molecule has 0 aromatic heterocycles. The lowest BCUT2D eigenvalue weighted by atomic mass is 10.3.